The Hall–Kier alpha value is -2.43. The van der Waals surface area contributed by atoms with Crippen LogP contribution in [-0.4, -0.2) is 66.2 Å². The van der Waals surface area contributed by atoms with E-state index in [0.717, 1.165) is 4.90 Å². The second-order valence-corrected chi connectivity index (χ2v) is 8.69. The minimum atomic E-state index is -3.57. The molecule has 1 aliphatic rings. The summed E-state index contributed by atoms with van der Waals surface area (Å²) in [7, 11) is -3.57. The summed E-state index contributed by atoms with van der Waals surface area (Å²) in [4.78, 5) is 39.4. The minimum Gasteiger partial charge on any atom is -0.464 e. The molecule has 32 heavy (non-hydrogen) atoms. The molecule has 1 aromatic heterocycles. The third kappa shape index (κ3) is 5.13. The van der Waals surface area contributed by atoms with Crippen molar-refractivity contribution in [1.29, 1.82) is 0 Å². The van der Waals surface area contributed by atoms with Gasteiger partial charge in [-0.3, -0.25) is 9.36 Å². The average Bonchev–Trinajstić information content (AvgIpc) is 3.13. The molecule has 2 heterocycles. The van der Waals surface area contributed by atoms with Crippen LogP contribution in [0, 0.1) is 0 Å². The maximum atomic E-state index is 13.0. The molecular formula is C19H29N2O10P. The van der Waals surface area contributed by atoms with Gasteiger partial charge >= 0.3 is 19.5 Å². The van der Waals surface area contributed by atoms with Gasteiger partial charge in [0.25, 0.3) is 5.88 Å². The van der Waals surface area contributed by atoms with Crippen LogP contribution in [0.2, 0.25) is 0 Å². The molecule has 2 rings (SSSR count). The molecule has 0 aliphatic carbocycles. The first-order valence-electron chi connectivity index (χ1n) is 10.3. The van der Waals surface area contributed by atoms with Gasteiger partial charge in [-0.15, -0.1) is 0 Å². The first-order chi connectivity index (χ1) is 15.2. The number of fused-ring (bicyclic) bond motifs is 1. The van der Waals surface area contributed by atoms with E-state index in [0.29, 0.717) is 0 Å². The molecule has 0 aromatic carbocycles. The van der Waals surface area contributed by atoms with E-state index in [-0.39, 0.29) is 56.6 Å². The maximum absolute atomic E-state index is 13.0. The molecule has 0 saturated heterocycles. The Kier molecular flexibility index (Phi) is 8.82. The predicted molar refractivity (Wildman–Crippen MR) is 109 cm³/mol. The van der Waals surface area contributed by atoms with Gasteiger partial charge in [0.2, 0.25) is 11.4 Å². The summed E-state index contributed by atoms with van der Waals surface area (Å²) in [5.74, 6) is -2.34. The fraction of sp³-hybridized carbons (Fsp3) is 0.684. The zero-order valence-corrected chi connectivity index (χ0v) is 19.8. The number of hydrogen-bond acceptors (Lipinski definition) is 11. The van der Waals surface area contributed by atoms with Gasteiger partial charge in [0, 0.05) is 13.3 Å². The Morgan fingerprint density at radius 2 is 1.59 bits per heavy atom. The van der Waals surface area contributed by atoms with E-state index in [4.69, 9.17) is 27.8 Å². The van der Waals surface area contributed by atoms with Crippen molar-refractivity contribution in [2.75, 3.05) is 32.8 Å². The number of carbonyl (C=O) groups excluding carboxylic acids is 3. The fourth-order valence-corrected chi connectivity index (χ4v) is 4.63. The molecule has 0 bridgehead atoms. The van der Waals surface area contributed by atoms with Crippen LogP contribution >= 0.6 is 7.60 Å². The molecule has 0 unspecified atom stereocenters. The third-order valence-corrected chi connectivity index (χ3v) is 6.39. The van der Waals surface area contributed by atoms with Crippen molar-refractivity contribution in [3.63, 3.8) is 0 Å². The standard InChI is InChI=1S/C19H29N2O10P/c1-6-26-17(23)19(18(24)27-7-2)10-14-15(11-21(19)13(5)22)31-20-16(14)28-12-32(25,29-8-3)30-9-4/h6-12H2,1-5H3. The summed E-state index contributed by atoms with van der Waals surface area (Å²) in [6.07, 6.45) is -0.818. The Bertz CT molecular complexity index is 855. The number of esters is 2. The lowest BCUT2D eigenvalue weighted by molar-refractivity contribution is -0.181. The van der Waals surface area contributed by atoms with Gasteiger partial charge in [0.05, 0.1) is 38.5 Å². The smallest absolute Gasteiger partial charge is 0.367 e. The van der Waals surface area contributed by atoms with Gasteiger partial charge in [0.15, 0.2) is 12.1 Å². The molecule has 1 aliphatic heterocycles. The highest BCUT2D eigenvalue weighted by atomic mass is 31.2. The lowest BCUT2D eigenvalue weighted by Crippen LogP contribution is -2.65. The van der Waals surface area contributed by atoms with E-state index in [9.17, 15) is 18.9 Å². The Morgan fingerprint density at radius 3 is 2.06 bits per heavy atom. The number of rotatable bonds is 11. The largest absolute Gasteiger partial charge is 0.464 e. The quantitative estimate of drug-likeness (QED) is 0.263. The number of carbonyl (C=O) groups is 3. The Labute approximate surface area is 186 Å². The molecule has 0 spiro atoms. The highest BCUT2D eigenvalue weighted by Gasteiger charge is 2.59. The van der Waals surface area contributed by atoms with E-state index < -0.39 is 37.3 Å². The Morgan fingerprint density at radius 1 is 1.03 bits per heavy atom. The topological polar surface area (TPSA) is 144 Å². The number of amides is 1. The van der Waals surface area contributed by atoms with Crippen molar-refractivity contribution in [2.24, 2.45) is 0 Å². The second kappa shape index (κ2) is 10.9. The fourth-order valence-electron chi connectivity index (χ4n) is 3.34. The molecule has 0 saturated carbocycles. The van der Waals surface area contributed by atoms with E-state index in [1.54, 1.807) is 27.7 Å². The van der Waals surface area contributed by atoms with Crippen molar-refractivity contribution in [1.82, 2.24) is 10.1 Å². The monoisotopic (exact) mass is 476 g/mol. The lowest BCUT2D eigenvalue weighted by Gasteiger charge is -2.41. The van der Waals surface area contributed by atoms with Crippen LogP contribution < -0.4 is 4.74 Å². The molecule has 1 aromatic rings. The number of nitrogens with zero attached hydrogens (tertiary/aromatic N) is 2. The summed E-state index contributed by atoms with van der Waals surface area (Å²) in [5.41, 5.74) is -1.83. The van der Waals surface area contributed by atoms with E-state index in [2.05, 4.69) is 5.16 Å². The first kappa shape index (κ1) is 25.8. The first-order valence-corrected chi connectivity index (χ1v) is 12.0. The predicted octanol–water partition coefficient (Wildman–Crippen LogP) is 2.05. The number of aromatic nitrogens is 1. The van der Waals surface area contributed by atoms with Crippen LogP contribution in [0.25, 0.3) is 0 Å². The molecule has 0 N–H and O–H groups in total. The molecular weight excluding hydrogens is 447 g/mol. The van der Waals surface area contributed by atoms with E-state index in [1.165, 1.54) is 6.92 Å². The van der Waals surface area contributed by atoms with Crippen molar-refractivity contribution >= 4 is 25.4 Å². The van der Waals surface area contributed by atoms with Gasteiger partial charge in [-0.05, 0) is 32.9 Å². The molecule has 0 fully saturated rings. The zero-order valence-electron chi connectivity index (χ0n) is 18.9. The van der Waals surface area contributed by atoms with Gasteiger partial charge in [0.1, 0.15) is 0 Å². The van der Waals surface area contributed by atoms with Gasteiger partial charge in [-0.1, -0.05) is 0 Å². The SMILES string of the molecule is CCOC(=O)C1(C(=O)OCC)Cc2c(OCP(=O)(OCC)OCC)noc2CN1C(C)=O. The Balaban J connectivity index is 2.46. The number of ether oxygens (including phenoxy) is 3. The van der Waals surface area contributed by atoms with Crippen molar-refractivity contribution < 1.29 is 46.7 Å². The zero-order chi connectivity index (χ0) is 23.9. The summed E-state index contributed by atoms with van der Waals surface area (Å²) >= 11 is 0. The minimum absolute atomic E-state index is 0.0164. The van der Waals surface area contributed by atoms with E-state index >= 15 is 0 Å². The van der Waals surface area contributed by atoms with Crippen LogP contribution in [0.4, 0.5) is 0 Å². The summed E-state index contributed by atoms with van der Waals surface area (Å²) in [6, 6.07) is 0. The summed E-state index contributed by atoms with van der Waals surface area (Å²) < 4.78 is 44.2. The van der Waals surface area contributed by atoms with Crippen LogP contribution in [0.15, 0.2) is 4.52 Å². The van der Waals surface area contributed by atoms with Crippen molar-refractivity contribution in [2.45, 2.75) is 53.1 Å². The number of hydrogen-bond donors (Lipinski definition) is 0. The molecule has 13 heteroatoms. The molecule has 0 radical (unpaired) electrons. The maximum Gasteiger partial charge on any atom is 0.367 e. The summed E-state index contributed by atoms with van der Waals surface area (Å²) in [5, 5.41) is 3.82. The average molecular weight is 476 g/mol. The second-order valence-electron chi connectivity index (χ2n) is 6.69. The van der Waals surface area contributed by atoms with Crippen LogP contribution in [0.3, 0.4) is 0 Å². The third-order valence-electron chi connectivity index (χ3n) is 4.65. The van der Waals surface area contributed by atoms with Crippen LogP contribution in [-0.2, 0) is 50.4 Å². The molecule has 12 nitrogen and oxygen atoms in total. The molecule has 0 atom stereocenters. The van der Waals surface area contributed by atoms with E-state index in [1.807, 2.05) is 0 Å². The van der Waals surface area contributed by atoms with Crippen LogP contribution in [0.5, 0.6) is 5.88 Å². The van der Waals surface area contributed by atoms with Gasteiger partial charge < -0.3 is 32.7 Å². The molecule has 180 valence electrons. The van der Waals surface area contributed by atoms with Crippen LogP contribution in [0.1, 0.15) is 45.9 Å². The highest BCUT2D eigenvalue weighted by molar-refractivity contribution is 7.53. The summed E-state index contributed by atoms with van der Waals surface area (Å²) in [6.45, 7) is 7.70. The van der Waals surface area contributed by atoms with Gasteiger partial charge in [-0.25, -0.2) is 9.59 Å². The van der Waals surface area contributed by atoms with Gasteiger partial charge in [-0.2, -0.15) is 0 Å². The van der Waals surface area contributed by atoms with Crippen molar-refractivity contribution in [3.05, 3.63) is 11.3 Å². The highest BCUT2D eigenvalue weighted by Crippen LogP contribution is 2.48. The lowest BCUT2D eigenvalue weighted by atomic mass is 9.84. The van der Waals surface area contributed by atoms with Crippen molar-refractivity contribution in [3.8, 4) is 5.88 Å². The normalized spacial score (nSPS) is 15.1. The molecule has 1 amide bonds.